The molecule has 27 heavy (non-hydrogen) atoms. The molecule has 144 valence electrons. The molecule has 0 spiro atoms. The Balaban J connectivity index is 1.76. The van der Waals surface area contributed by atoms with Crippen LogP contribution in [0.15, 0.2) is 22.3 Å². The van der Waals surface area contributed by atoms with E-state index in [1.807, 2.05) is 13.8 Å². The predicted octanol–water partition coefficient (Wildman–Crippen LogP) is 1.46. The lowest BCUT2D eigenvalue weighted by Gasteiger charge is -2.27. The zero-order valence-corrected chi connectivity index (χ0v) is 16.4. The minimum atomic E-state index is -0.266. The smallest absolute Gasteiger partial charge is 0.251 e. The average molecular weight is 390 g/mol. The van der Waals surface area contributed by atoms with Crippen molar-refractivity contribution in [2.24, 2.45) is 0 Å². The number of methoxy groups -OCH3 is 1. The van der Waals surface area contributed by atoms with Gasteiger partial charge in [-0.2, -0.15) is 0 Å². The minimum Gasteiger partial charge on any atom is -0.378 e. The van der Waals surface area contributed by atoms with Gasteiger partial charge in [0.2, 0.25) is 5.95 Å². The van der Waals surface area contributed by atoms with Gasteiger partial charge in [0.25, 0.3) is 5.91 Å². The second-order valence-electron chi connectivity index (χ2n) is 5.93. The topological polar surface area (TPSA) is 102 Å². The second-order valence-corrected chi connectivity index (χ2v) is 6.91. The summed E-state index contributed by atoms with van der Waals surface area (Å²) in [6.45, 7) is 6.83. The number of carbonyl (C=O) groups is 1. The van der Waals surface area contributed by atoms with Crippen molar-refractivity contribution in [3.05, 3.63) is 23.7 Å². The molecule has 1 aliphatic heterocycles. The average Bonchev–Trinajstić information content (AvgIpc) is 2.66. The standard InChI is InChI=1S/C17H22N6O3S/c1-11-15(12(2)20-16(19-11)23-6-8-26-9-7-23)27-17-18-5-4-13(22-17)21-14(24)10-25-3/h4-5H,6-10H2,1-3H3,(H,18,21,22,24). The molecule has 0 aliphatic carbocycles. The summed E-state index contributed by atoms with van der Waals surface area (Å²) in [5.41, 5.74) is 1.73. The minimum absolute atomic E-state index is 0.0263. The zero-order valence-electron chi connectivity index (χ0n) is 15.6. The SMILES string of the molecule is COCC(=O)Nc1ccnc(Sc2c(C)nc(N3CCOCC3)nc2C)n1. The molecule has 0 radical (unpaired) electrons. The Morgan fingerprint density at radius 1 is 1.26 bits per heavy atom. The molecule has 1 fully saturated rings. The molecular weight excluding hydrogens is 368 g/mol. The number of anilines is 2. The van der Waals surface area contributed by atoms with E-state index in [1.54, 1.807) is 12.3 Å². The van der Waals surface area contributed by atoms with Crippen molar-refractivity contribution in [1.29, 1.82) is 0 Å². The van der Waals surface area contributed by atoms with E-state index in [0.717, 1.165) is 35.3 Å². The van der Waals surface area contributed by atoms with Gasteiger partial charge in [0.15, 0.2) is 5.16 Å². The van der Waals surface area contributed by atoms with Crippen LogP contribution in [0.4, 0.5) is 11.8 Å². The molecule has 3 rings (SSSR count). The molecule has 0 bridgehead atoms. The molecular formula is C17H22N6O3S. The molecule has 0 atom stereocenters. The van der Waals surface area contributed by atoms with E-state index in [0.29, 0.717) is 24.2 Å². The highest BCUT2D eigenvalue weighted by Crippen LogP contribution is 2.31. The molecule has 1 N–H and O–H groups in total. The highest BCUT2D eigenvalue weighted by molar-refractivity contribution is 7.99. The Hall–Kier alpha value is -2.30. The summed E-state index contributed by atoms with van der Waals surface area (Å²) in [7, 11) is 1.47. The fourth-order valence-electron chi connectivity index (χ4n) is 2.60. The molecule has 10 heteroatoms. The maximum Gasteiger partial charge on any atom is 0.251 e. The van der Waals surface area contributed by atoms with E-state index in [4.69, 9.17) is 9.47 Å². The van der Waals surface area contributed by atoms with Crippen molar-refractivity contribution < 1.29 is 14.3 Å². The fraction of sp³-hybridized carbons (Fsp3) is 0.471. The third kappa shape index (κ3) is 5.12. The first-order valence-electron chi connectivity index (χ1n) is 8.54. The number of nitrogens with one attached hydrogen (secondary N) is 1. The van der Waals surface area contributed by atoms with Crippen LogP contribution >= 0.6 is 11.8 Å². The van der Waals surface area contributed by atoms with Gasteiger partial charge in [-0.3, -0.25) is 4.79 Å². The summed E-state index contributed by atoms with van der Waals surface area (Å²) < 4.78 is 10.2. The van der Waals surface area contributed by atoms with Gasteiger partial charge >= 0.3 is 0 Å². The van der Waals surface area contributed by atoms with Crippen LogP contribution in [0, 0.1) is 13.8 Å². The first-order chi connectivity index (χ1) is 13.1. The summed E-state index contributed by atoms with van der Waals surface area (Å²) in [6, 6.07) is 1.63. The van der Waals surface area contributed by atoms with E-state index in [2.05, 4.69) is 30.2 Å². The molecule has 1 aliphatic rings. The number of aryl methyl sites for hydroxylation is 2. The van der Waals surface area contributed by atoms with E-state index >= 15 is 0 Å². The Bertz CT molecular complexity index is 790. The van der Waals surface area contributed by atoms with Gasteiger partial charge in [0.1, 0.15) is 12.4 Å². The number of aromatic nitrogens is 4. The van der Waals surface area contributed by atoms with E-state index < -0.39 is 0 Å². The molecule has 0 aromatic carbocycles. The maximum atomic E-state index is 11.6. The quantitative estimate of drug-likeness (QED) is 0.734. The van der Waals surface area contributed by atoms with Crippen LogP contribution in [0.2, 0.25) is 0 Å². The van der Waals surface area contributed by atoms with Crippen LogP contribution in [0.3, 0.4) is 0 Å². The van der Waals surface area contributed by atoms with E-state index in [9.17, 15) is 4.79 Å². The van der Waals surface area contributed by atoms with Crippen molar-refractivity contribution in [2.75, 3.05) is 50.2 Å². The van der Waals surface area contributed by atoms with Crippen molar-refractivity contribution in [3.8, 4) is 0 Å². The molecule has 0 saturated carbocycles. The van der Waals surface area contributed by atoms with Gasteiger partial charge in [-0.05, 0) is 31.7 Å². The Morgan fingerprint density at radius 3 is 2.63 bits per heavy atom. The number of amides is 1. The van der Waals surface area contributed by atoms with Crippen LogP contribution in [0.5, 0.6) is 0 Å². The van der Waals surface area contributed by atoms with Crippen LogP contribution in [0.1, 0.15) is 11.4 Å². The number of rotatable bonds is 6. The maximum absolute atomic E-state index is 11.6. The summed E-state index contributed by atoms with van der Waals surface area (Å²) in [5.74, 6) is 0.882. The van der Waals surface area contributed by atoms with Crippen molar-refractivity contribution in [1.82, 2.24) is 19.9 Å². The Kier molecular flexibility index (Phi) is 6.54. The number of hydrogen-bond donors (Lipinski definition) is 1. The van der Waals surface area contributed by atoms with E-state index in [-0.39, 0.29) is 12.5 Å². The number of hydrogen-bond acceptors (Lipinski definition) is 9. The Morgan fingerprint density at radius 2 is 1.96 bits per heavy atom. The number of ether oxygens (including phenoxy) is 2. The molecule has 1 amide bonds. The summed E-state index contributed by atoms with van der Waals surface area (Å²) in [5, 5.41) is 3.19. The van der Waals surface area contributed by atoms with Gasteiger partial charge in [-0.25, -0.2) is 19.9 Å². The fourth-order valence-corrected chi connectivity index (χ4v) is 3.43. The van der Waals surface area contributed by atoms with Crippen molar-refractivity contribution in [2.45, 2.75) is 23.9 Å². The molecule has 2 aromatic rings. The van der Waals surface area contributed by atoms with Crippen molar-refractivity contribution >= 4 is 29.4 Å². The number of nitrogens with zero attached hydrogens (tertiary/aromatic N) is 5. The molecule has 9 nitrogen and oxygen atoms in total. The van der Waals surface area contributed by atoms with Gasteiger partial charge in [0, 0.05) is 26.4 Å². The third-order valence-corrected chi connectivity index (χ3v) is 5.03. The van der Waals surface area contributed by atoms with Crippen molar-refractivity contribution in [3.63, 3.8) is 0 Å². The Labute approximate surface area is 161 Å². The molecule has 0 unspecified atom stereocenters. The lowest BCUT2D eigenvalue weighted by atomic mass is 10.3. The molecule has 3 heterocycles. The zero-order chi connectivity index (χ0) is 19.2. The first kappa shape index (κ1) is 19.5. The van der Waals surface area contributed by atoms with Crippen LogP contribution in [-0.4, -0.2) is 65.9 Å². The number of morpholine rings is 1. The molecule has 1 saturated heterocycles. The largest absolute Gasteiger partial charge is 0.378 e. The highest BCUT2D eigenvalue weighted by Gasteiger charge is 2.18. The van der Waals surface area contributed by atoms with Crippen LogP contribution < -0.4 is 10.2 Å². The number of carbonyl (C=O) groups excluding carboxylic acids is 1. The highest BCUT2D eigenvalue weighted by atomic mass is 32.2. The van der Waals surface area contributed by atoms with Gasteiger partial charge in [0.05, 0.1) is 29.5 Å². The summed E-state index contributed by atoms with van der Waals surface area (Å²) in [6.07, 6.45) is 1.60. The molecule has 2 aromatic heterocycles. The summed E-state index contributed by atoms with van der Waals surface area (Å²) >= 11 is 1.38. The van der Waals surface area contributed by atoms with Gasteiger partial charge in [-0.15, -0.1) is 0 Å². The lowest BCUT2D eigenvalue weighted by molar-refractivity contribution is -0.119. The third-order valence-electron chi connectivity index (χ3n) is 3.86. The first-order valence-corrected chi connectivity index (χ1v) is 9.36. The van der Waals surface area contributed by atoms with Gasteiger partial charge in [-0.1, -0.05) is 0 Å². The second kappa shape index (κ2) is 9.07. The lowest BCUT2D eigenvalue weighted by Crippen LogP contribution is -2.37. The van der Waals surface area contributed by atoms with Gasteiger partial charge < -0.3 is 19.7 Å². The monoisotopic (exact) mass is 390 g/mol. The van der Waals surface area contributed by atoms with Crippen LogP contribution in [-0.2, 0) is 14.3 Å². The summed E-state index contributed by atoms with van der Waals surface area (Å²) in [4.78, 5) is 32.6. The van der Waals surface area contributed by atoms with Crippen LogP contribution in [0.25, 0.3) is 0 Å². The van der Waals surface area contributed by atoms with E-state index in [1.165, 1.54) is 18.9 Å². The normalized spacial score (nSPS) is 14.3. The predicted molar refractivity (Wildman–Crippen MR) is 101 cm³/mol.